The number of benzene rings is 1. The molecule has 2 aliphatic heterocycles. The summed E-state index contributed by atoms with van der Waals surface area (Å²) in [6, 6.07) is 5.16. The van der Waals surface area contributed by atoms with Gasteiger partial charge in [0.15, 0.2) is 17.5 Å². The average Bonchev–Trinajstić information content (AvgIpc) is 3.56. The number of hydrogen-bond donors (Lipinski definition) is 2. The summed E-state index contributed by atoms with van der Waals surface area (Å²) < 4.78 is 17.6. The van der Waals surface area contributed by atoms with Crippen LogP contribution in [0.1, 0.15) is 52.4 Å². The number of alkyl halides is 1. The Kier molecular flexibility index (Phi) is 5.07. The van der Waals surface area contributed by atoms with E-state index in [1.807, 2.05) is 13.0 Å². The van der Waals surface area contributed by atoms with Gasteiger partial charge in [0.05, 0.1) is 17.8 Å². The molecule has 0 spiro atoms. The second-order valence-corrected chi connectivity index (χ2v) is 10.9. The molecule has 2 bridgehead atoms. The molecule has 6 rings (SSSR count). The third kappa shape index (κ3) is 3.93. The fourth-order valence-corrected chi connectivity index (χ4v) is 6.07. The summed E-state index contributed by atoms with van der Waals surface area (Å²) in [7, 11) is 1.79. The van der Waals surface area contributed by atoms with Crippen LogP contribution >= 0.6 is 0 Å². The molecule has 3 fully saturated rings. The van der Waals surface area contributed by atoms with Crippen molar-refractivity contribution in [3.8, 4) is 28.5 Å². The van der Waals surface area contributed by atoms with Gasteiger partial charge in [-0.3, -0.25) is 4.68 Å². The topological polar surface area (TPSA) is 105 Å². The Labute approximate surface area is 203 Å². The number of aromatic hydroxyl groups is 1. The number of phenols is 1. The van der Waals surface area contributed by atoms with Crippen LogP contribution in [0, 0.1) is 0 Å². The van der Waals surface area contributed by atoms with E-state index in [0.717, 1.165) is 38.5 Å². The predicted molar refractivity (Wildman–Crippen MR) is 130 cm³/mol. The highest BCUT2D eigenvalue weighted by Crippen LogP contribution is 2.46. The summed E-state index contributed by atoms with van der Waals surface area (Å²) in [6.45, 7) is 4.24. The fourth-order valence-electron chi connectivity index (χ4n) is 6.07. The maximum absolute atomic E-state index is 16.0. The molecule has 2 N–H and O–H groups in total. The summed E-state index contributed by atoms with van der Waals surface area (Å²) in [5.74, 6) is 1.48. The number of rotatable bonds is 5. The number of anilines is 1. The molecule has 2 saturated heterocycles. The van der Waals surface area contributed by atoms with Crippen molar-refractivity contribution in [2.24, 2.45) is 7.05 Å². The van der Waals surface area contributed by atoms with Crippen LogP contribution in [0.2, 0.25) is 0 Å². The maximum Gasteiger partial charge on any atom is 0.185 e. The zero-order chi connectivity index (χ0) is 24.4. The van der Waals surface area contributed by atoms with E-state index in [-0.39, 0.29) is 23.4 Å². The molecule has 9 nitrogen and oxygen atoms in total. The van der Waals surface area contributed by atoms with Gasteiger partial charge in [-0.15, -0.1) is 10.2 Å². The molecule has 3 aromatic rings. The van der Waals surface area contributed by atoms with Crippen LogP contribution in [0.25, 0.3) is 22.8 Å². The molecule has 1 aromatic carbocycles. The molecule has 0 radical (unpaired) electrons. The number of halogens is 1. The van der Waals surface area contributed by atoms with E-state index in [0.29, 0.717) is 28.6 Å². The summed E-state index contributed by atoms with van der Waals surface area (Å²) >= 11 is 0. The fraction of sp³-hybridized carbons (Fsp3) is 0.560. The molecule has 184 valence electrons. The third-order valence-corrected chi connectivity index (χ3v) is 7.83. The largest absolute Gasteiger partial charge is 0.507 e. The quantitative estimate of drug-likeness (QED) is 0.575. The van der Waals surface area contributed by atoms with Gasteiger partial charge < -0.3 is 15.3 Å². The Morgan fingerprint density at radius 1 is 1.14 bits per heavy atom. The van der Waals surface area contributed by atoms with Crippen LogP contribution in [0.5, 0.6) is 5.75 Å². The summed E-state index contributed by atoms with van der Waals surface area (Å²) in [5, 5.41) is 27.3. The monoisotopic (exact) mass is 478 g/mol. The van der Waals surface area contributed by atoms with Crippen molar-refractivity contribution >= 4 is 5.82 Å². The SMILES string of the molecule is Cn1cnc(-c2ccc(-c3ncc(N(C4CC4)[C@@H]4C[C@@]5(C)CCC[C@](C)(N5)[C@@H]4F)nn3)c(O)c2)n1. The second kappa shape index (κ2) is 7.94. The lowest BCUT2D eigenvalue weighted by molar-refractivity contribution is 0.000258. The predicted octanol–water partition coefficient (Wildman–Crippen LogP) is 3.41. The van der Waals surface area contributed by atoms with Gasteiger partial charge in [-0.25, -0.2) is 14.4 Å². The van der Waals surface area contributed by atoms with E-state index < -0.39 is 11.7 Å². The van der Waals surface area contributed by atoms with Crippen LogP contribution in [0.15, 0.2) is 30.7 Å². The normalized spacial score (nSPS) is 30.3. The molecule has 1 saturated carbocycles. The van der Waals surface area contributed by atoms with E-state index in [4.69, 9.17) is 0 Å². The van der Waals surface area contributed by atoms with Gasteiger partial charge in [0, 0.05) is 29.7 Å². The number of aryl methyl sites for hydroxylation is 1. The van der Waals surface area contributed by atoms with Gasteiger partial charge in [0.1, 0.15) is 18.2 Å². The molecule has 0 unspecified atom stereocenters. The number of hydrogen-bond acceptors (Lipinski definition) is 8. The van der Waals surface area contributed by atoms with Crippen molar-refractivity contribution < 1.29 is 9.50 Å². The van der Waals surface area contributed by atoms with Gasteiger partial charge in [-0.2, -0.15) is 5.10 Å². The first-order valence-electron chi connectivity index (χ1n) is 12.4. The van der Waals surface area contributed by atoms with Crippen LogP contribution in [0.4, 0.5) is 10.2 Å². The Hall–Kier alpha value is -3.14. The van der Waals surface area contributed by atoms with E-state index in [2.05, 4.69) is 42.4 Å². The number of nitrogens with zero attached hydrogens (tertiary/aromatic N) is 7. The number of phenolic OH excluding ortho intramolecular Hbond substituents is 1. The number of fused-ring (bicyclic) bond motifs is 2. The highest BCUT2D eigenvalue weighted by atomic mass is 19.1. The second-order valence-electron chi connectivity index (χ2n) is 10.9. The Balaban J connectivity index is 1.28. The van der Waals surface area contributed by atoms with Crippen LogP contribution < -0.4 is 10.2 Å². The van der Waals surface area contributed by atoms with Crippen molar-refractivity contribution in [2.75, 3.05) is 4.90 Å². The molecular weight excluding hydrogens is 447 g/mol. The number of aromatic nitrogens is 6. The van der Waals surface area contributed by atoms with Crippen LogP contribution in [0.3, 0.4) is 0 Å². The summed E-state index contributed by atoms with van der Waals surface area (Å²) in [4.78, 5) is 10.9. The van der Waals surface area contributed by atoms with Crippen molar-refractivity contribution in [3.05, 3.63) is 30.7 Å². The van der Waals surface area contributed by atoms with Gasteiger partial charge in [-0.1, -0.05) is 6.07 Å². The maximum atomic E-state index is 16.0. The Morgan fingerprint density at radius 3 is 2.63 bits per heavy atom. The molecule has 0 amide bonds. The van der Waals surface area contributed by atoms with Crippen molar-refractivity contribution in [1.29, 1.82) is 0 Å². The lowest BCUT2D eigenvalue weighted by Gasteiger charge is -2.57. The highest BCUT2D eigenvalue weighted by molar-refractivity contribution is 5.70. The van der Waals surface area contributed by atoms with E-state index in [1.165, 1.54) is 0 Å². The van der Waals surface area contributed by atoms with Crippen LogP contribution in [-0.4, -0.2) is 64.4 Å². The molecule has 2 aromatic heterocycles. The molecule has 1 aliphatic carbocycles. The minimum absolute atomic E-state index is 0.0272. The summed E-state index contributed by atoms with van der Waals surface area (Å²) in [5.41, 5.74) is 0.564. The van der Waals surface area contributed by atoms with Gasteiger partial charge in [-0.05, 0) is 64.5 Å². The van der Waals surface area contributed by atoms with Crippen molar-refractivity contribution in [2.45, 2.75) is 81.7 Å². The summed E-state index contributed by atoms with van der Waals surface area (Å²) in [6.07, 6.45) is 7.99. The zero-order valence-electron chi connectivity index (χ0n) is 20.3. The molecule has 35 heavy (non-hydrogen) atoms. The zero-order valence-corrected chi connectivity index (χ0v) is 20.3. The lowest BCUT2D eigenvalue weighted by atomic mass is 9.68. The molecule has 10 heteroatoms. The van der Waals surface area contributed by atoms with Crippen molar-refractivity contribution in [1.82, 2.24) is 35.3 Å². The molecule has 4 atom stereocenters. The average molecular weight is 479 g/mol. The first kappa shape index (κ1) is 22.3. The van der Waals surface area contributed by atoms with E-state index >= 15 is 4.39 Å². The first-order chi connectivity index (χ1) is 16.7. The Morgan fingerprint density at radius 2 is 1.97 bits per heavy atom. The minimum Gasteiger partial charge on any atom is -0.507 e. The lowest BCUT2D eigenvalue weighted by Crippen LogP contribution is -2.73. The molecule has 3 aliphatic rings. The molecule has 4 heterocycles. The smallest absolute Gasteiger partial charge is 0.185 e. The molecular formula is C25H31FN8O. The third-order valence-electron chi connectivity index (χ3n) is 7.83. The number of nitrogens with one attached hydrogen (secondary N) is 1. The van der Waals surface area contributed by atoms with Crippen LogP contribution in [-0.2, 0) is 7.05 Å². The minimum atomic E-state index is -1.00. The standard InChI is InChI=1S/C25H31FN8O/c1-24-9-4-10-25(2,32-24)21(26)18(12-24)34(16-6-7-16)20-13-27-23(30-29-20)17-8-5-15(11-19(17)35)22-28-14-33(3)31-22/h5,8,11,13-14,16,18,21,32,35H,4,6-7,9-10,12H2,1-3H3/t18-,21-,24-,25+/m1/s1. The van der Waals surface area contributed by atoms with Gasteiger partial charge >= 0.3 is 0 Å². The van der Waals surface area contributed by atoms with Gasteiger partial charge in [0.2, 0.25) is 0 Å². The van der Waals surface area contributed by atoms with Gasteiger partial charge in [0.25, 0.3) is 0 Å². The highest BCUT2D eigenvalue weighted by Gasteiger charge is 2.55. The first-order valence-corrected chi connectivity index (χ1v) is 12.4. The van der Waals surface area contributed by atoms with E-state index in [1.54, 1.807) is 36.4 Å². The Bertz CT molecular complexity index is 1240. The van der Waals surface area contributed by atoms with Crippen molar-refractivity contribution in [3.63, 3.8) is 0 Å². The van der Waals surface area contributed by atoms with E-state index in [9.17, 15) is 5.11 Å². The number of piperidine rings is 2.